The summed E-state index contributed by atoms with van der Waals surface area (Å²) in [6.45, 7) is 4.17. The van der Waals surface area contributed by atoms with Crippen LogP contribution in [-0.4, -0.2) is 53.7 Å². The van der Waals surface area contributed by atoms with Gasteiger partial charge in [-0.2, -0.15) is 0 Å². The predicted octanol–water partition coefficient (Wildman–Crippen LogP) is 5.55. The number of piperazine rings is 1. The number of hydrogen-bond donors (Lipinski definition) is 2. The summed E-state index contributed by atoms with van der Waals surface area (Å²) in [4.78, 5) is 23.3. The topological polar surface area (TPSA) is 97.8 Å². The van der Waals surface area contributed by atoms with E-state index in [1.54, 1.807) is 47.4 Å². The molecule has 5 rings (SSSR count). The highest BCUT2D eigenvalue weighted by atomic mass is 35.5. The summed E-state index contributed by atoms with van der Waals surface area (Å²) in [6.07, 6.45) is 0.982. The largest absolute Gasteiger partial charge is 0.493 e. The van der Waals surface area contributed by atoms with Crippen LogP contribution in [0.1, 0.15) is 12.5 Å². The zero-order valence-electron chi connectivity index (χ0n) is 21.4. The second-order valence-electron chi connectivity index (χ2n) is 9.04. The molecule has 202 valence electrons. The predicted molar refractivity (Wildman–Crippen MR) is 147 cm³/mol. The number of ether oxygens (including phenoxy) is 3. The molecule has 4 aromatic rings. The fraction of sp³-hybridized carbons (Fsp3) is 0.250. The lowest BCUT2D eigenvalue weighted by molar-refractivity contribution is 0.123. The fourth-order valence-electron chi connectivity index (χ4n) is 4.24. The van der Waals surface area contributed by atoms with Crippen LogP contribution in [0, 0.1) is 5.82 Å². The van der Waals surface area contributed by atoms with Crippen molar-refractivity contribution in [3.63, 3.8) is 0 Å². The number of methoxy groups -OCH3 is 1. The molecule has 0 spiro atoms. The van der Waals surface area contributed by atoms with Crippen LogP contribution in [0.15, 0.2) is 60.9 Å². The van der Waals surface area contributed by atoms with Gasteiger partial charge < -0.3 is 29.7 Å². The first-order valence-electron chi connectivity index (χ1n) is 12.4. The number of anilines is 2. The Morgan fingerprint density at radius 1 is 1.13 bits per heavy atom. The van der Waals surface area contributed by atoms with E-state index >= 15 is 0 Å². The number of halogens is 2. The van der Waals surface area contributed by atoms with Gasteiger partial charge in [0.15, 0.2) is 11.5 Å². The number of fused-ring (bicyclic) bond motifs is 1. The average Bonchev–Trinajstić information content (AvgIpc) is 2.93. The molecule has 3 aromatic carbocycles. The van der Waals surface area contributed by atoms with Crippen LogP contribution >= 0.6 is 11.6 Å². The van der Waals surface area contributed by atoms with E-state index in [9.17, 15) is 9.18 Å². The molecule has 1 amide bonds. The molecule has 0 aliphatic carbocycles. The summed E-state index contributed by atoms with van der Waals surface area (Å²) in [7, 11) is 1.51. The van der Waals surface area contributed by atoms with E-state index in [0.29, 0.717) is 58.6 Å². The molecule has 0 bridgehead atoms. The van der Waals surface area contributed by atoms with Gasteiger partial charge in [0.1, 0.15) is 30.3 Å². The molecule has 0 saturated carbocycles. The normalized spacial score (nSPS) is 15.2. The highest BCUT2D eigenvalue weighted by Crippen LogP contribution is 2.36. The van der Waals surface area contributed by atoms with Crippen LogP contribution in [0.5, 0.6) is 17.2 Å². The Morgan fingerprint density at radius 2 is 1.95 bits per heavy atom. The number of benzene rings is 3. The molecule has 2 heterocycles. The van der Waals surface area contributed by atoms with Crippen molar-refractivity contribution in [1.29, 1.82) is 0 Å². The van der Waals surface area contributed by atoms with Crippen molar-refractivity contribution in [2.24, 2.45) is 0 Å². The number of rotatable bonds is 7. The van der Waals surface area contributed by atoms with Crippen LogP contribution in [-0.2, 0) is 6.61 Å². The SMILES string of the molecule is COc1cc2ncnc(Nc3ccc(OCc4ccc(F)cc4)c(Cl)c3)c2cc1OC(=O)N1CCNC[C@H]1C. The molecule has 0 radical (unpaired) electrons. The van der Waals surface area contributed by atoms with E-state index in [1.807, 2.05) is 6.92 Å². The molecule has 1 fully saturated rings. The molecule has 39 heavy (non-hydrogen) atoms. The van der Waals surface area contributed by atoms with Gasteiger partial charge in [-0.25, -0.2) is 19.2 Å². The van der Waals surface area contributed by atoms with Crippen molar-refractivity contribution in [1.82, 2.24) is 20.2 Å². The maximum atomic E-state index is 13.1. The zero-order chi connectivity index (χ0) is 27.4. The monoisotopic (exact) mass is 551 g/mol. The first-order chi connectivity index (χ1) is 18.9. The molecule has 1 aliphatic rings. The number of carbonyl (C=O) groups is 1. The molecule has 9 nitrogen and oxygen atoms in total. The summed E-state index contributed by atoms with van der Waals surface area (Å²) >= 11 is 6.47. The van der Waals surface area contributed by atoms with Crippen LogP contribution in [0.2, 0.25) is 5.02 Å². The van der Waals surface area contributed by atoms with Crippen LogP contribution in [0.25, 0.3) is 10.9 Å². The molecule has 1 aromatic heterocycles. The molecular weight excluding hydrogens is 525 g/mol. The lowest BCUT2D eigenvalue weighted by Crippen LogP contribution is -2.53. The lowest BCUT2D eigenvalue weighted by Gasteiger charge is -2.33. The number of nitrogens with zero attached hydrogens (tertiary/aromatic N) is 3. The minimum absolute atomic E-state index is 0.00523. The number of hydrogen-bond acceptors (Lipinski definition) is 8. The Morgan fingerprint density at radius 3 is 2.69 bits per heavy atom. The van der Waals surface area contributed by atoms with Crippen molar-refractivity contribution in [3.05, 3.63) is 77.3 Å². The van der Waals surface area contributed by atoms with Crippen LogP contribution in [0.4, 0.5) is 20.7 Å². The van der Waals surface area contributed by atoms with Gasteiger partial charge >= 0.3 is 6.09 Å². The number of aromatic nitrogens is 2. The molecule has 1 aliphatic heterocycles. The van der Waals surface area contributed by atoms with E-state index in [1.165, 1.54) is 25.6 Å². The van der Waals surface area contributed by atoms with E-state index in [4.69, 9.17) is 25.8 Å². The Balaban J connectivity index is 1.36. The van der Waals surface area contributed by atoms with Gasteiger partial charge in [-0.1, -0.05) is 23.7 Å². The molecule has 2 N–H and O–H groups in total. The van der Waals surface area contributed by atoms with Gasteiger partial charge in [-0.15, -0.1) is 0 Å². The van der Waals surface area contributed by atoms with Crippen molar-refractivity contribution in [2.45, 2.75) is 19.6 Å². The first kappa shape index (κ1) is 26.5. The van der Waals surface area contributed by atoms with Crippen molar-refractivity contribution in [2.75, 3.05) is 32.1 Å². The Bertz CT molecular complexity index is 1490. The average molecular weight is 552 g/mol. The summed E-state index contributed by atoms with van der Waals surface area (Å²) in [6, 6.07) is 14.7. The summed E-state index contributed by atoms with van der Waals surface area (Å²) < 4.78 is 30.2. The van der Waals surface area contributed by atoms with E-state index in [0.717, 1.165) is 5.56 Å². The van der Waals surface area contributed by atoms with Gasteiger partial charge in [0.05, 0.1) is 17.6 Å². The van der Waals surface area contributed by atoms with Crippen molar-refractivity contribution in [3.8, 4) is 17.2 Å². The highest BCUT2D eigenvalue weighted by molar-refractivity contribution is 6.32. The third-order valence-electron chi connectivity index (χ3n) is 6.36. The smallest absolute Gasteiger partial charge is 0.415 e. The first-order valence-corrected chi connectivity index (χ1v) is 12.7. The Labute approximate surface area is 229 Å². The van der Waals surface area contributed by atoms with Gasteiger partial charge in [-0.3, -0.25) is 0 Å². The molecule has 1 saturated heterocycles. The molecule has 0 unspecified atom stereocenters. The van der Waals surface area contributed by atoms with E-state index < -0.39 is 6.09 Å². The number of nitrogens with one attached hydrogen (secondary N) is 2. The maximum absolute atomic E-state index is 13.1. The van der Waals surface area contributed by atoms with E-state index in [-0.39, 0.29) is 24.2 Å². The second-order valence-corrected chi connectivity index (χ2v) is 9.45. The molecule has 11 heteroatoms. The highest BCUT2D eigenvalue weighted by Gasteiger charge is 2.26. The number of carbonyl (C=O) groups excluding carboxylic acids is 1. The fourth-order valence-corrected chi connectivity index (χ4v) is 4.48. The minimum atomic E-state index is -0.448. The maximum Gasteiger partial charge on any atom is 0.415 e. The quantitative estimate of drug-likeness (QED) is 0.309. The lowest BCUT2D eigenvalue weighted by atomic mass is 10.2. The summed E-state index contributed by atoms with van der Waals surface area (Å²) in [5.41, 5.74) is 2.09. The van der Waals surface area contributed by atoms with Crippen LogP contribution < -0.4 is 24.8 Å². The van der Waals surface area contributed by atoms with Gasteiger partial charge in [0.2, 0.25) is 0 Å². The zero-order valence-corrected chi connectivity index (χ0v) is 22.2. The summed E-state index contributed by atoms with van der Waals surface area (Å²) in [5, 5.41) is 7.52. The summed E-state index contributed by atoms with van der Waals surface area (Å²) in [5.74, 6) is 1.32. The van der Waals surface area contributed by atoms with Crippen LogP contribution in [0.3, 0.4) is 0 Å². The Kier molecular flexibility index (Phi) is 7.94. The minimum Gasteiger partial charge on any atom is -0.493 e. The second kappa shape index (κ2) is 11.7. The van der Waals surface area contributed by atoms with Gasteiger partial charge in [-0.05, 0) is 48.9 Å². The van der Waals surface area contributed by atoms with Crippen molar-refractivity contribution >= 4 is 40.1 Å². The third kappa shape index (κ3) is 6.13. The molecular formula is C28H27ClFN5O4. The van der Waals surface area contributed by atoms with Gasteiger partial charge in [0.25, 0.3) is 0 Å². The number of amides is 1. The Hall–Kier alpha value is -4.15. The third-order valence-corrected chi connectivity index (χ3v) is 6.65. The van der Waals surface area contributed by atoms with Crippen molar-refractivity contribution < 1.29 is 23.4 Å². The van der Waals surface area contributed by atoms with Gasteiger partial charge in [0, 0.05) is 42.8 Å². The molecule has 1 atom stereocenters. The standard InChI is InChI=1S/C28H27ClFN5O4/c1-17-14-31-9-10-35(17)28(36)39-26-12-21-23(13-25(26)37-2)32-16-33-27(21)34-20-7-8-24(22(29)11-20)38-15-18-3-5-19(30)6-4-18/h3-8,11-13,16-17,31H,9-10,14-15H2,1-2H3,(H,32,33,34)/t17-/m1/s1. The van der Waals surface area contributed by atoms with E-state index in [2.05, 4.69) is 20.6 Å².